The lowest BCUT2D eigenvalue weighted by molar-refractivity contribution is 0.135. The van der Waals surface area contributed by atoms with Gasteiger partial charge in [-0.2, -0.15) is 0 Å². The lowest BCUT2D eigenvalue weighted by Gasteiger charge is -2.39. The van der Waals surface area contributed by atoms with Crippen LogP contribution in [0.25, 0.3) is 0 Å². The highest BCUT2D eigenvalue weighted by Gasteiger charge is 2.43. The molecule has 0 aromatic heterocycles. The number of hydrogen-bond acceptors (Lipinski definition) is 5. The first-order chi connectivity index (χ1) is 21.5. The zero-order chi connectivity index (χ0) is 30.5. The van der Waals surface area contributed by atoms with Gasteiger partial charge in [0.05, 0.1) is 5.69 Å². The minimum atomic E-state index is -0.841. The molecule has 222 valence electrons. The van der Waals surface area contributed by atoms with Crippen molar-refractivity contribution < 1.29 is 4.74 Å². The van der Waals surface area contributed by atoms with Crippen LogP contribution in [0.3, 0.4) is 0 Å². The number of benzene rings is 5. The summed E-state index contributed by atoms with van der Waals surface area (Å²) >= 11 is 0. The summed E-state index contributed by atoms with van der Waals surface area (Å²) in [7, 11) is 6.23. The molecule has 0 saturated carbocycles. The molecule has 1 aliphatic heterocycles. The van der Waals surface area contributed by atoms with Gasteiger partial charge < -0.3 is 19.9 Å². The van der Waals surface area contributed by atoms with Crippen LogP contribution in [-0.4, -0.2) is 27.0 Å². The van der Waals surface area contributed by atoms with Crippen LogP contribution in [0.15, 0.2) is 132 Å². The second-order valence-electron chi connectivity index (χ2n) is 11.6. The van der Waals surface area contributed by atoms with E-state index >= 15 is 0 Å². The van der Waals surface area contributed by atoms with E-state index in [2.05, 4.69) is 157 Å². The average molecular weight is 581 g/mol. The molecular formula is C39H40N4O. The topological polar surface area (TPSA) is 40.1 Å². The average Bonchev–Trinajstić information content (AvgIpc) is 3.05. The maximum absolute atomic E-state index is 6.87. The second kappa shape index (κ2) is 12.8. The molecule has 5 nitrogen and oxygen atoms in total. The van der Waals surface area contributed by atoms with Crippen molar-refractivity contribution in [1.82, 2.24) is 5.32 Å². The van der Waals surface area contributed by atoms with Crippen LogP contribution in [-0.2, 0) is 30.0 Å². The first kappa shape index (κ1) is 29.2. The molecule has 0 spiro atoms. The summed E-state index contributed by atoms with van der Waals surface area (Å²) in [6.07, 6.45) is 0. The molecule has 0 aliphatic carbocycles. The summed E-state index contributed by atoms with van der Waals surface area (Å²) in [4.78, 5) is 9.42. The Morgan fingerprint density at radius 2 is 1.14 bits per heavy atom. The number of ether oxygens (including phenoxy) is 1. The van der Waals surface area contributed by atoms with Crippen molar-refractivity contribution in [2.45, 2.75) is 32.2 Å². The zero-order valence-corrected chi connectivity index (χ0v) is 26.0. The maximum atomic E-state index is 6.87. The van der Waals surface area contributed by atoms with Crippen LogP contribution < -0.4 is 15.1 Å². The highest BCUT2D eigenvalue weighted by Crippen LogP contribution is 2.48. The third-order valence-electron chi connectivity index (χ3n) is 8.36. The van der Waals surface area contributed by atoms with E-state index in [1.807, 2.05) is 14.0 Å². The number of hydrogen-bond donors (Lipinski definition) is 1. The van der Waals surface area contributed by atoms with E-state index in [4.69, 9.17) is 9.73 Å². The second-order valence-corrected chi connectivity index (χ2v) is 11.6. The van der Waals surface area contributed by atoms with Crippen LogP contribution in [0.5, 0.6) is 0 Å². The molecule has 5 heteroatoms. The van der Waals surface area contributed by atoms with E-state index in [0.29, 0.717) is 5.90 Å². The first-order valence-electron chi connectivity index (χ1n) is 15.2. The molecule has 0 amide bonds. The Hall–Kier alpha value is -4.87. The van der Waals surface area contributed by atoms with Crippen molar-refractivity contribution in [3.05, 3.63) is 161 Å². The van der Waals surface area contributed by atoms with E-state index in [0.717, 1.165) is 53.4 Å². The minimum absolute atomic E-state index is 0.648. The van der Waals surface area contributed by atoms with Gasteiger partial charge in [0.1, 0.15) is 0 Å². The van der Waals surface area contributed by atoms with Gasteiger partial charge in [0.25, 0.3) is 0 Å². The van der Waals surface area contributed by atoms with Crippen LogP contribution >= 0.6 is 0 Å². The Morgan fingerprint density at radius 1 is 0.636 bits per heavy atom. The molecule has 0 fully saturated rings. The Morgan fingerprint density at radius 3 is 1.61 bits per heavy atom. The summed E-state index contributed by atoms with van der Waals surface area (Å²) in [5.74, 6) is 0.648. The summed E-state index contributed by atoms with van der Waals surface area (Å²) < 4.78 is 6.87. The molecule has 1 heterocycles. The van der Waals surface area contributed by atoms with Gasteiger partial charge in [-0.1, -0.05) is 97.1 Å². The van der Waals surface area contributed by atoms with Gasteiger partial charge in [-0.15, -0.1) is 0 Å². The quantitative estimate of drug-likeness (QED) is 0.181. The smallest absolute Gasteiger partial charge is 0.188 e. The number of nitrogens with zero attached hydrogens (tertiary/aromatic N) is 3. The van der Waals surface area contributed by atoms with Crippen LogP contribution in [0, 0.1) is 0 Å². The number of nitrogens with one attached hydrogen (secondary N) is 1. The molecule has 0 radical (unpaired) electrons. The molecule has 6 rings (SSSR count). The summed E-state index contributed by atoms with van der Waals surface area (Å²) in [6, 6.07) is 45.3. The van der Waals surface area contributed by atoms with E-state index < -0.39 is 5.60 Å². The van der Waals surface area contributed by atoms with Crippen LogP contribution in [0.1, 0.15) is 40.3 Å². The summed E-state index contributed by atoms with van der Waals surface area (Å²) in [6.45, 7) is 4.40. The lowest BCUT2D eigenvalue weighted by atomic mass is 9.78. The van der Waals surface area contributed by atoms with E-state index in [-0.39, 0.29) is 0 Å². The third kappa shape index (κ3) is 5.97. The molecule has 5 aromatic rings. The van der Waals surface area contributed by atoms with Crippen LogP contribution in [0.2, 0.25) is 0 Å². The number of anilines is 2. The fraction of sp³-hybridized carbons (Fsp3) is 0.205. The molecule has 5 aromatic carbocycles. The monoisotopic (exact) mass is 580 g/mol. The van der Waals surface area contributed by atoms with Gasteiger partial charge in [0, 0.05) is 68.7 Å². The normalized spacial score (nSPS) is 13.4. The Labute approximate surface area is 261 Å². The highest BCUT2D eigenvalue weighted by molar-refractivity contribution is 5.83. The van der Waals surface area contributed by atoms with Crippen molar-refractivity contribution in [3.63, 3.8) is 0 Å². The van der Waals surface area contributed by atoms with Gasteiger partial charge in [0.2, 0.25) is 0 Å². The van der Waals surface area contributed by atoms with Crippen LogP contribution in [0.4, 0.5) is 17.1 Å². The zero-order valence-electron chi connectivity index (χ0n) is 26.0. The third-order valence-corrected chi connectivity index (χ3v) is 8.36. The maximum Gasteiger partial charge on any atom is 0.188 e. The Kier molecular flexibility index (Phi) is 8.49. The van der Waals surface area contributed by atoms with Gasteiger partial charge in [-0.25, -0.2) is 4.99 Å². The molecular weight excluding hydrogens is 540 g/mol. The number of aliphatic imine (C=N–C) groups is 1. The summed E-state index contributed by atoms with van der Waals surface area (Å²) in [5, 5.41) is 3.27. The van der Waals surface area contributed by atoms with Crippen molar-refractivity contribution in [2.24, 2.45) is 4.99 Å². The fourth-order valence-electron chi connectivity index (χ4n) is 6.14. The predicted octanol–water partition coefficient (Wildman–Crippen LogP) is 8.05. The lowest BCUT2D eigenvalue weighted by Crippen LogP contribution is -2.37. The molecule has 0 saturated heterocycles. The van der Waals surface area contributed by atoms with Crippen molar-refractivity contribution in [3.8, 4) is 0 Å². The van der Waals surface area contributed by atoms with Crippen molar-refractivity contribution >= 4 is 23.0 Å². The largest absolute Gasteiger partial charge is 0.460 e. The van der Waals surface area contributed by atoms with Gasteiger partial charge in [0.15, 0.2) is 11.5 Å². The molecule has 0 unspecified atom stereocenters. The minimum Gasteiger partial charge on any atom is -0.460 e. The predicted molar refractivity (Wildman–Crippen MR) is 183 cm³/mol. The van der Waals surface area contributed by atoms with Crippen molar-refractivity contribution in [2.75, 3.05) is 30.9 Å². The summed E-state index contributed by atoms with van der Waals surface area (Å²) in [5.41, 5.74) is 9.32. The Bertz CT molecular complexity index is 1620. The van der Waals surface area contributed by atoms with Crippen molar-refractivity contribution in [1.29, 1.82) is 0 Å². The SMILES string of the molecule is CNCc1ccc2c(c1)N=C(C)OC2(c1ccc(N(C)Cc2ccccc2)cc1)c1ccc(N(C)Cc2ccccc2)cc1. The first-order valence-corrected chi connectivity index (χ1v) is 15.2. The van der Waals surface area contributed by atoms with Gasteiger partial charge in [-0.3, -0.25) is 0 Å². The fourth-order valence-corrected chi connectivity index (χ4v) is 6.14. The molecule has 44 heavy (non-hydrogen) atoms. The van der Waals surface area contributed by atoms with E-state index in [1.54, 1.807) is 0 Å². The Balaban J connectivity index is 1.39. The molecule has 0 bridgehead atoms. The van der Waals surface area contributed by atoms with Gasteiger partial charge in [-0.05, 0) is 54.1 Å². The van der Waals surface area contributed by atoms with E-state index in [1.165, 1.54) is 16.7 Å². The number of fused-ring (bicyclic) bond motifs is 1. The highest BCUT2D eigenvalue weighted by atomic mass is 16.5. The molecule has 1 aliphatic rings. The van der Waals surface area contributed by atoms with Gasteiger partial charge >= 0.3 is 0 Å². The molecule has 0 atom stereocenters. The number of rotatable bonds is 10. The van der Waals surface area contributed by atoms with E-state index in [9.17, 15) is 0 Å². The standard InChI is InChI=1S/C39H40N4O/c1-29-41-38-25-32(26-40-2)15-24-37(38)39(44-29,33-16-20-35(21-17-33)42(3)27-30-11-7-5-8-12-30)34-18-22-36(23-19-34)43(4)28-31-13-9-6-10-14-31/h5-25,40H,26-28H2,1-4H3. The molecule has 1 N–H and O–H groups in total.